The van der Waals surface area contributed by atoms with E-state index in [0.29, 0.717) is 0 Å². The minimum absolute atomic E-state index is 0.481. The van der Waals surface area contributed by atoms with Crippen molar-refractivity contribution in [2.75, 3.05) is 0 Å². The Hall–Kier alpha value is -1.58. The van der Waals surface area contributed by atoms with Crippen LogP contribution < -0.4 is 5.73 Å². The zero-order valence-electron chi connectivity index (χ0n) is 6.28. The fourth-order valence-corrected chi connectivity index (χ4v) is 0.143. The second kappa shape index (κ2) is 8.42. The Morgan fingerprint density at radius 3 is 1.91 bits per heavy atom. The van der Waals surface area contributed by atoms with E-state index in [1.54, 1.807) is 6.92 Å². The Kier molecular flexibility index (Phi) is 9.29. The van der Waals surface area contributed by atoms with Crippen LogP contribution in [0.15, 0.2) is 24.8 Å². The number of carbonyl (C=O) groups is 2. The van der Waals surface area contributed by atoms with Crippen LogP contribution in [0.5, 0.6) is 0 Å². The molecule has 0 aliphatic rings. The molecule has 4 nitrogen and oxygen atoms in total. The Bertz CT molecular complexity index is 173. The van der Waals surface area contributed by atoms with Gasteiger partial charge in [-0.2, -0.15) is 0 Å². The van der Waals surface area contributed by atoms with Gasteiger partial charge in [-0.15, -0.1) is 0 Å². The highest BCUT2D eigenvalue weighted by Crippen LogP contribution is 1.65. The number of rotatable bonds is 2. The second-order valence-electron chi connectivity index (χ2n) is 1.44. The molecule has 0 aromatic carbocycles. The minimum Gasteiger partial charge on any atom is -0.478 e. The third-order valence-corrected chi connectivity index (χ3v) is 0.510. The third-order valence-electron chi connectivity index (χ3n) is 0.510. The first-order valence-corrected chi connectivity index (χ1v) is 2.82. The molecule has 62 valence electrons. The molecule has 1 amide bonds. The Balaban J connectivity index is 0. The minimum atomic E-state index is -0.891. The van der Waals surface area contributed by atoms with Gasteiger partial charge in [0.25, 0.3) is 0 Å². The van der Waals surface area contributed by atoms with Gasteiger partial charge in [0.2, 0.25) is 5.91 Å². The van der Waals surface area contributed by atoms with Crippen molar-refractivity contribution in [2.45, 2.75) is 6.92 Å². The highest BCUT2D eigenvalue weighted by molar-refractivity contribution is 5.84. The van der Waals surface area contributed by atoms with Crippen LogP contribution in [-0.4, -0.2) is 17.0 Å². The van der Waals surface area contributed by atoms with Crippen LogP contribution in [0.4, 0.5) is 0 Å². The Labute approximate surface area is 65.0 Å². The van der Waals surface area contributed by atoms with Gasteiger partial charge in [-0.3, -0.25) is 4.79 Å². The van der Waals surface area contributed by atoms with Gasteiger partial charge in [-0.25, -0.2) is 4.79 Å². The van der Waals surface area contributed by atoms with Crippen molar-refractivity contribution in [3.8, 4) is 0 Å². The zero-order valence-corrected chi connectivity index (χ0v) is 6.28. The first-order chi connectivity index (χ1) is 5.04. The lowest BCUT2D eigenvalue weighted by atomic mass is 10.5. The van der Waals surface area contributed by atoms with E-state index in [9.17, 15) is 9.59 Å². The third kappa shape index (κ3) is 29.7. The summed E-state index contributed by atoms with van der Waals surface area (Å²) in [6, 6.07) is 0. The van der Waals surface area contributed by atoms with Crippen molar-refractivity contribution in [2.24, 2.45) is 5.73 Å². The summed E-state index contributed by atoms with van der Waals surface area (Å²) in [5.74, 6) is -1.37. The van der Waals surface area contributed by atoms with E-state index in [1.807, 2.05) is 0 Å². The molecule has 0 fully saturated rings. The predicted octanol–water partition coefficient (Wildman–Crippen LogP) is 0.305. The predicted molar refractivity (Wildman–Crippen MR) is 41.8 cm³/mol. The highest BCUT2D eigenvalue weighted by Gasteiger charge is 1.76. The fourth-order valence-electron chi connectivity index (χ4n) is 0.143. The van der Waals surface area contributed by atoms with Crippen LogP contribution in [0, 0.1) is 0 Å². The molecule has 0 aromatic rings. The van der Waals surface area contributed by atoms with Crippen LogP contribution >= 0.6 is 0 Å². The van der Waals surface area contributed by atoms with Gasteiger partial charge >= 0.3 is 5.97 Å². The first kappa shape index (κ1) is 12.1. The monoisotopic (exact) mass is 157 g/mol. The largest absolute Gasteiger partial charge is 0.478 e. The van der Waals surface area contributed by atoms with Gasteiger partial charge in [-0.1, -0.05) is 12.7 Å². The molecule has 3 N–H and O–H groups in total. The molecule has 11 heavy (non-hydrogen) atoms. The van der Waals surface area contributed by atoms with E-state index in [4.69, 9.17) is 5.11 Å². The van der Waals surface area contributed by atoms with Gasteiger partial charge in [0, 0.05) is 6.08 Å². The SMILES string of the molecule is C/C=C/C(=O)O.C=CC(N)=O. The number of carboxylic acids is 1. The maximum Gasteiger partial charge on any atom is 0.327 e. The number of carbonyl (C=O) groups excluding carboxylic acids is 1. The first-order valence-electron chi connectivity index (χ1n) is 2.82. The van der Waals surface area contributed by atoms with Crippen LogP contribution in [0.3, 0.4) is 0 Å². The molecule has 0 saturated carbocycles. The smallest absolute Gasteiger partial charge is 0.327 e. The molecular formula is C7H11NO3. The van der Waals surface area contributed by atoms with Crippen LogP contribution in [-0.2, 0) is 9.59 Å². The summed E-state index contributed by atoms with van der Waals surface area (Å²) >= 11 is 0. The number of allylic oxidation sites excluding steroid dienone is 1. The van der Waals surface area contributed by atoms with E-state index >= 15 is 0 Å². The number of nitrogens with two attached hydrogens (primary N) is 1. The van der Waals surface area contributed by atoms with Gasteiger partial charge < -0.3 is 10.8 Å². The lowest BCUT2D eigenvalue weighted by Gasteiger charge is -1.68. The number of hydrogen-bond donors (Lipinski definition) is 2. The lowest BCUT2D eigenvalue weighted by Crippen LogP contribution is -2.04. The molecule has 0 heterocycles. The summed E-state index contributed by atoms with van der Waals surface area (Å²) in [5.41, 5.74) is 4.53. The van der Waals surface area contributed by atoms with Gasteiger partial charge in [0.05, 0.1) is 0 Å². The highest BCUT2D eigenvalue weighted by atomic mass is 16.4. The average molecular weight is 157 g/mol. The van der Waals surface area contributed by atoms with E-state index in [-0.39, 0.29) is 0 Å². The van der Waals surface area contributed by atoms with Crippen LogP contribution in [0.25, 0.3) is 0 Å². The maximum atomic E-state index is 9.51. The molecule has 0 bridgehead atoms. The van der Waals surface area contributed by atoms with Crippen molar-refractivity contribution >= 4 is 11.9 Å². The van der Waals surface area contributed by atoms with Gasteiger partial charge in [0.1, 0.15) is 0 Å². The van der Waals surface area contributed by atoms with Crippen molar-refractivity contribution in [3.05, 3.63) is 24.8 Å². The van der Waals surface area contributed by atoms with Crippen molar-refractivity contribution in [1.82, 2.24) is 0 Å². The summed E-state index contributed by atoms with van der Waals surface area (Å²) in [6.07, 6.45) is 3.61. The molecule has 0 atom stereocenters. The topological polar surface area (TPSA) is 80.4 Å². The molecule has 0 rings (SSSR count). The number of aliphatic carboxylic acids is 1. The Morgan fingerprint density at radius 1 is 1.55 bits per heavy atom. The molecule has 0 radical (unpaired) electrons. The lowest BCUT2D eigenvalue weighted by molar-refractivity contribution is -0.131. The molecule has 0 unspecified atom stereocenters. The zero-order chi connectivity index (χ0) is 9.28. The standard InChI is InChI=1S/C4H6O2.C3H5NO/c1-2-3-4(5)6;1-2-3(4)5/h2-3H,1H3,(H,5,6);2H,1H2,(H2,4,5)/b3-2+;. The van der Waals surface area contributed by atoms with E-state index in [2.05, 4.69) is 12.3 Å². The molecule has 0 aliphatic heterocycles. The van der Waals surface area contributed by atoms with Crippen molar-refractivity contribution in [1.29, 1.82) is 0 Å². The van der Waals surface area contributed by atoms with Gasteiger partial charge in [0.15, 0.2) is 0 Å². The summed E-state index contributed by atoms with van der Waals surface area (Å²) < 4.78 is 0. The molecule has 0 spiro atoms. The van der Waals surface area contributed by atoms with E-state index < -0.39 is 11.9 Å². The summed E-state index contributed by atoms with van der Waals surface area (Å²) in [7, 11) is 0. The summed E-state index contributed by atoms with van der Waals surface area (Å²) in [6.45, 7) is 4.75. The molecule has 0 saturated heterocycles. The molecular weight excluding hydrogens is 146 g/mol. The van der Waals surface area contributed by atoms with Gasteiger partial charge in [-0.05, 0) is 13.0 Å². The summed E-state index contributed by atoms with van der Waals surface area (Å²) in [4.78, 5) is 19.0. The van der Waals surface area contributed by atoms with Crippen molar-refractivity contribution in [3.63, 3.8) is 0 Å². The number of amides is 1. The van der Waals surface area contributed by atoms with E-state index in [1.165, 1.54) is 6.08 Å². The maximum absolute atomic E-state index is 9.51. The number of carboxylic acid groups (broad SMARTS) is 1. The van der Waals surface area contributed by atoms with Crippen LogP contribution in [0.1, 0.15) is 6.92 Å². The fraction of sp³-hybridized carbons (Fsp3) is 0.143. The normalized spacial score (nSPS) is 8.09. The second-order valence-corrected chi connectivity index (χ2v) is 1.44. The van der Waals surface area contributed by atoms with Crippen molar-refractivity contribution < 1.29 is 14.7 Å². The average Bonchev–Trinajstić information content (AvgIpc) is 1.89. The summed E-state index contributed by atoms with van der Waals surface area (Å²) in [5, 5.41) is 7.83. The number of primary amides is 1. The van der Waals surface area contributed by atoms with E-state index in [0.717, 1.165) is 12.2 Å². The Morgan fingerprint density at radius 2 is 1.91 bits per heavy atom. The quantitative estimate of drug-likeness (QED) is 0.566. The number of hydrogen-bond acceptors (Lipinski definition) is 2. The van der Waals surface area contributed by atoms with Crippen LogP contribution in [0.2, 0.25) is 0 Å². The molecule has 0 aliphatic carbocycles. The molecule has 4 heteroatoms. The molecule has 0 aromatic heterocycles.